The van der Waals surface area contributed by atoms with Crippen molar-refractivity contribution in [1.29, 1.82) is 0 Å². The molecule has 82 valence electrons. The fourth-order valence-electron chi connectivity index (χ4n) is 1.19. The Labute approximate surface area is 90.7 Å². The number of oxazole rings is 1. The number of aromatic hydroxyl groups is 1. The molecule has 0 saturated heterocycles. The van der Waals surface area contributed by atoms with Crippen molar-refractivity contribution in [2.75, 3.05) is 11.1 Å². The van der Waals surface area contributed by atoms with Gasteiger partial charge in [0.1, 0.15) is 5.75 Å². The van der Waals surface area contributed by atoms with Crippen molar-refractivity contribution in [3.8, 4) is 5.75 Å². The van der Waals surface area contributed by atoms with E-state index >= 15 is 0 Å². The minimum absolute atomic E-state index is 0.0346. The van der Waals surface area contributed by atoms with Crippen LogP contribution in [0.25, 0.3) is 0 Å². The molecule has 2 rings (SSSR count). The smallest absolute Gasteiger partial charge is 0.293 e. The van der Waals surface area contributed by atoms with E-state index in [1.807, 2.05) is 0 Å². The Morgan fingerprint density at radius 2 is 2.19 bits per heavy atom. The lowest BCUT2D eigenvalue weighted by atomic mass is 10.2. The number of nitrogens with one attached hydrogen (secondary N) is 1. The molecular formula is C10H9N3O3. The fraction of sp³-hybridized carbons (Fsp3) is 0. The molecule has 0 bridgehead atoms. The third kappa shape index (κ3) is 1.95. The number of anilines is 2. The minimum atomic E-state index is -0.491. The maximum atomic E-state index is 11.6. The number of benzene rings is 1. The average molecular weight is 219 g/mol. The van der Waals surface area contributed by atoms with E-state index in [0.717, 1.165) is 0 Å². The molecule has 6 nitrogen and oxygen atoms in total. The Bertz CT molecular complexity index is 522. The van der Waals surface area contributed by atoms with Gasteiger partial charge in [-0.1, -0.05) is 12.1 Å². The molecule has 0 saturated carbocycles. The summed E-state index contributed by atoms with van der Waals surface area (Å²) in [7, 11) is 0. The quantitative estimate of drug-likeness (QED) is 0.704. The van der Waals surface area contributed by atoms with Gasteiger partial charge >= 0.3 is 0 Å². The van der Waals surface area contributed by atoms with E-state index in [9.17, 15) is 9.90 Å². The minimum Gasteiger partial charge on any atom is -0.507 e. The fourth-order valence-corrected chi connectivity index (χ4v) is 1.19. The van der Waals surface area contributed by atoms with Gasteiger partial charge < -0.3 is 15.3 Å². The van der Waals surface area contributed by atoms with E-state index in [1.165, 1.54) is 18.3 Å². The molecule has 1 aromatic heterocycles. The number of carbonyl (C=O) groups excluding carboxylic acids is 1. The van der Waals surface area contributed by atoms with Crippen LogP contribution in [-0.4, -0.2) is 16.0 Å². The Morgan fingerprint density at radius 1 is 1.44 bits per heavy atom. The van der Waals surface area contributed by atoms with E-state index in [-0.39, 0.29) is 23.2 Å². The number of phenols is 1. The number of nitrogens with two attached hydrogens (primary N) is 1. The van der Waals surface area contributed by atoms with Gasteiger partial charge in [0.25, 0.3) is 11.9 Å². The first kappa shape index (κ1) is 10.0. The normalized spacial score (nSPS) is 10.0. The molecule has 0 atom stereocenters. The van der Waals surface area contributed by atoms with Crippen LogP contribution in [0.5, 0.6) is 5.75 Å². The van der Waals surface area contributed by atoms with Crippen LogP contribution >= 0.6 is 0 Å². The van der Waals surface area contributed by atoms with Gasteiger partial charge in [0.05, 0.1) is 11.8 Å². The van der Waals surface area contributed by atoms with Crippen molar-refractivity contribution in [2.24, 2.45) is 0 Å². The Kier molecular flexibility index (Phi) is 2.47. The Balaban J connectivity index is 2.18. The molecule has 1 aromatic carbocycles. The summed E-state index contributed by atoms with van der Waals surface area (Å²) in [6, 6.07) is 6.14. The third-order valence-electron chi connectivity index (χ3n) is 1.91. The van der Waals surface area contributed by atoms with E-state index in [0.29, 0.717) is 0 Å². The number of aromatic nitrogens is 1. The van der Waals surface area contributed by atoms with Crippen molar-refractivity contribution in [2.45, 2.75) is 0 Å². The largest absolute Gasteiger partial charge is 0.507 e. The number of para-hydroxylation sites is 1. The lowest BCUT2D eigenvalue weighted by Gasteiger charge is -2.02. The summed E-state index contributed by atoms with van der Waals surface area (Å²) in [5.74, 6) is -0.465. The summed E-state index contributed by atoms with van der Waals surface area (Å²) in [6.45, 7) is 0. The number of phenolic OH excluding ortho intramolecular Hbond substituents is 1. The first-order chi connectivity index (χ1) is 7.66. The van der Waals surface area contributed by atoms with Gasteiger partial charge in [0.2, 0.25) is 5.88 Å². The molecule has 0 aliphatic heterocycles. The molecule has 0 spiro atoms. The lowest BCUT2D eigenvalue weighted by molar-refractivity contribution is 0.102. The van der Waals surface area contributed by atoms with E-state index in [2.05, 4.69) is 10.3 Å². The number of carbonyl (C=O) groups is 1. The summed E-state index contributed by atoms with van der Waals surface area (Å²) in [5.41, 5.74) is 5.39. The lowest BCUT2D eigenvalue weighted by Crippen LogP contribution is -2.11. The molecule has 4 N–H and O–H groups in total. The van der Waals surface area contributed by atoms with Crippen LogP contribution in [0.3, 0.4) is 0 Å². The highest BCUT2D eigenvalue weighted by molar-refractivity contribution is 6.05. The van der Waals surface area contributed by atoms with Crippen LogP contribution in [-0.2, 0) is 0 Å². The second kappa shape index (κ2) is 3.93. The number of hydrogen-bond acceptors (Lipinski definition) is 5. The van der Waals surface area contributed by atoms with Gasteiger partial charge in [-0.25, -0.2) is 0 Å². The number of nitrogens with zero attached hydrogens (tertiary/aromatic N) is 1. The van der Waals surface area contributed by atoms with Gasteiger partial charge in [0.15, 0.2) is 0 Å². The predicted molar refractivity (Wildman–Crippen MR) is 57.0 cm³/mol. The zero-order chi connectivity index (χ0) is 11.5. The number of hydrogen-bond donors (Lipinski definition) is 3. The summed E-state index contributed by atoms with van der Waals surface area (Å²) in [5, 5.41) is 11.8. The molecule has 0 aliphatic rings. The third-order valence-corrected chi connectivity index (χ3v) is 1.91. The first-order valence-electron chi connectivity index (χ1n) is 4.47. The highest BCUT2D eigenvalue weighted by atomic mass is 16.4. The van der Waals surface area contributed by atoms with Crippen LogP contribution < -0.4 is 11.1 Å². The molecule has 0 aliphatic carbocycles. The van der Waals surface area contributed by atoms with Crippen molar-refractivity contribution in [1.82, 2.24) is 4.98 Å². The van der Waals surface area contributed by atoms with Crippen molar-refractivity contribution >= 4 is 17.8 Å². The van der Waals surface area contributed by atoms with Crippen molar-refractivity contribution in [3.63, 3.8) is 0 Å². The highest BCUT2D eigenvalue weighted by Crippen LogP contribution is 2.18. The van der Waals surface area contributed by atoms with Crippen molar-refractivity contribution < 1.29 is 14.3 Å². The molecule has 6 heteroatoms. The number of rotatable bonds is 2. The van der Waals surface area contributed by atoms with Gasteiger partial charge in [-0.2, -0.15) is 4.98 Å². The molecule has 0 fully saturated rings. The monoisotopic (exact) mass is 219 g/mol. The molecule has 1 heterocycles. The van der Waals surface area contributed by atoms with Crippen molar-refractivity contribution in [3.05, 3.63) is 36.0 Å². The molecule has 0 unspecified atom stereocenters. The summed E-state index contributed by atoms with van der Waals surface area (Å²) < 4.78 is 4.87. The Morgan fingerprint density at radius 3 is 2.81 bits per heavy atom. The van der Waals surface area contributed by atoms with Crippen LogP contribution in [0.15, 0.2) is 34.9 Å². The summed E-state index contributed by atoms with van der Waals surface area (Å²) in [6.07, 6.45) is 1.28. The van der Waals surface area contributed by atoms with Crippen LogP contribution in [0.4, 0.5) is 11.9 Å². The zero-order valence-corrected chi connectivity index (χ0v) is 8.18. The Hall–Kier alpha value is -2.50. The van der Waals surface area contributed by atoms with Crippen LogP contribution in [0.2, 0.25) is 0 Å². The highest BCUT2D eigenvalue weighted by Gasteiger charge is 2.12. The number of nitrogen functional groups attached to an aromatic ring is 1. The average Bonchev–Trinajstić information content (AvgIpc) is 2.64. The SMILES string of the molecule is Nc1ncc(NC(=O)c2ccccc2O)o1. The maximum absolute atomic E-state index is 11.6. The molecule has 16 heavy (non-hydrogen) atoms. The molecule has 0 radical (unpaired) electrons. The summed E-state index contributed by atoms with van der Waals surface area (Å²) in [4.78, 5) is 15.3. The molecular weight excluding hydrogens is 210 g/mol. The second-order valence-corrected chi connectivity index (χ2v) is 3.03. The van der Waals surface area contributed by atoms with Gasteiger partial charge in [-0.15, -0.1) is 0 Å². The first-order valence-corrected chi connectivity index (χ1v) is 4.47. The topological polar surface area (TPSA) is 101 Å². The van der Waals surface area contributed by atoms with E-state index in [1.54, 1.807) is 12.1 Å². The summed E-state index contributed by atoms with van der Waals surface area (Å²) >= 11 is 0. The maximum Gasteiger partial charge on any atom is 0.293 e. The zero-order valence-electron chi connectivity index (χ0n) is 8.18. The van der Waals surface area contributed by atoms with E-state index in [4.69, 9.17) is 10.2 Å². The number of amides is 1. The van der Waals surface area contributed by atoms with Gasteiger partial charge in [-0.05, 0) is 12.1 Å². The van der Waals surface area contributed by atoms with Gasteiger partial charge in [-0.3, -0.25) is 10.1 Å². The van der Waals surface area contributed by atoms with Crippen LogP contribution in [0, 0.1) is 0 Å². The van der Waals surface area contributed by atoms with Gasteiger partial charge in [0, 0.05) is 0 Å². The molecule has 1 amide bonds. The predicted octanol–water partition coefficient (Wildman–Crippen LogP) is 1.21. The second-order valence-electron chi connectivity index (χ2n) is 3.03. The van der Waals surface area contributed by atoms with Crippen LogP contribution in [0.1, 0.15) is 10.4 Å². The van der Waals surface area contributed by atoms with E-state index < -0.39 is 5.91 Å². The molecule has 2 aromatic rings. The standard InChI is InChI=1S/C10H9N3O3/c11-10-12-5-8(16-10)13-9(15)6-3-1-2-4-7(6)14/h1-5,14H,(H2,11,12)(H,13,15).